The standard InChI is InChI=1S/C24H27N3O3/c1-4-18(2)27(23(28)14-13-19-9-6-5-7-10-19)16-15-22-25-24(26-30-22)20-11-8-12-21(17-20)29-3/h5-14,17-18H,4,15-16H2,1-3H3/b14-13+. The lowest BCUT2D eigenvalue weighted by molar-refractivity contribution is -0.128. The lowest BCUT2D eigenvalue weighted by Gasteiger charge is -2.27. The fraction of sp³-hybridized carbons (Fsp3) is 0.292. The zero-order valence-electron chi connectivity index (χ0n) is 17.6. The number of hydrogen-bond acceptors (Lipinski definition) is 5. The van der Waals surface area contributed by atoms with Gasteiger partial charge in [-0.05, 0) is 37.1 Å². The SMILES string of the molecule is CCC(C)N(CCc1nc(-c2cccc(OC)c2)no1)C(=O)/C=C/c1ccccc1. The average molecular weight is 405 g/mol. The summed E-state index contributed by atoms with van der Waals surface area (Å²) < 4.78 is 10.7. The van der Waals surface area contributed by atoms with Crippen LogP contribution in [0.4, 0.5) is 0 Å². The van der Waals surface area contributed by atoms with E-state index in [1.165, 1.54) is 0 Å². The molecule has 0 saturated carbocycles. The Hall–Kier alpha value is -3.41. The summed E-state index contributed by atoms with van der Waals surface area (Å²) >= 11 is 0. The number of benzene rings is 2. The Bertz CT molecular complexity index is 982. The second-order valence-electron chi connectivity index (χ2n) is 7.03. The number of methoxy groups -OCH3 is 1. The number of aromatic nitrogens is 2. The monoisotopic (exact) mass is 405 g/mol. The Labute approximate surface area is 177 Å². The molecule has 0 bridgehead atoms. The van der Waals surface area contributed by atoms with E-state index in [0.717, 1.165) is 23.3 Å². The van der Waals surface area contributed by atoms with Crippen molar-refractivity contribution in [3.63, 3.8) is 0 Å². The molecule has 30 heavy (non-hydrogen) atoms. The summed E-state index contributed by atoms with van der Waals surface area (Å²) in [4.78, 5) is 19.1. The van der Waals surface area contributed by atoms with Crippen molar-refractivity contribution >= 4 is 12.0 Å². The third-order valence-electron chi connectivity index (χ3n) is 4.99. The molecule has 0 N–H and O–H groups in total. The van der Waals surface area contributed by atoms with Crippen LogP contribution in [0.5, 0.6) is 5.75 Å². The highest BCUT2D eigenvalue weighted by atomic mass is 16.5. The van der Waals surface area contributed by atoms with Crippen LogP contribution >= 0.6 is 0 Å². The van der Waals surface area contributed by atoms with E-state index < -0.39 is 0 Å². The Morgan fingerprint density at radius 3 is 2.73 bits per heavy atom. The first-order chi connectivity index (χ1) is 14.6. The van der Waals surface area contributed by atoms with Crippen LogP contribution < -0.4 is 4.74 Å². The normalized spacial score (nSPS) is 12.1. The van der Waals surface area contributed by atoms with E-state index in [4.69, 9.17) is 9.26 Å². The number of carbonyl (C=O) groups excluding carboxylic acids is 1. The molecule has 0 aliphatic heterocycles. The number of carbonyl (C=O) groups is 1. The fourth-order valence-electron chi connectivity index (χ4n) is 3.05. The van der Waals surface area contributed by atoms with Crippen molar-refractivity contribution < 1.29 is 14.1 Å². The molecule has 0 aliphatic rings. The zero-order chi connectivity index (χ0) is 21.3. The molecule has 1 amide bonds. The molecule has 1 aromatic heterocycles. The Morgan fingerprint density at radius 1 is 1.20 bits per heavy atom. The van der Waals surface area contributed by atoms with Crippen molar-refractivity contribution in [2.24, 2.45) is 0 Å². The van der Waals surface area contributed by atoms with Crippen LogP contribution in [0, 0.1) is 0 Å². The van der Waals surface area contributed by atoms with Gasteiger partial charge in [-0.15, -0.1) is 0 Å². The van der Waals surface area contributed by atoms with Gasteiger partial charge in [0.25, 0.3) is 0 Å². The summed E-state index contributed by atoms with van der Waals surface area (Å²) in [6.07, 6.45) is 4.82. The van der Waals surface area contributed by atoms with Crippen LogP contribution in [0.15, 0.2) is 65.2 Å². The molecule has 0 fully saturated rings. The maximum absolute atomic E-state index is 12.8. The van der Waals surface area contributed by atoms with E-state index in [0.29, 0.717) is 24.7 Å². The molecule has 3 aromatic rings. The van der Waals surface area contributed by atoms with Gasteiger partial charge in [0.1, 0.15) is 5.75 Å². The predicted octanol–water partition coefficient (Wildman–Crippen LogP) is 4.63. The third-order valence-corrected chi connectivity index (χ3v) is 4.99. The average Bonchev–Trinajstić information content (AvgIpc) is 3.27. The molecule has 1 heterocycles. The summed E-state index contributed by atoms with van der Waals surface area (Å²) in [6, 6.07) is 17.4. The number of nitrogens with zero attached hydrogens (tertiary/aromatic N) is 3. The van der Waals surface area contributed by atoms with Crippen LogP contribution in [0.2, 0.25) is 0 Å². The first-order valence-corrected chi connectivity index (χ1v) is 10.1. The van der Waals surface area contributed by atoms with Gasteiger partial charge in [-0.2, -0.15) is 4.98 Å². The van der Waals surface area contributed by atoms with Gasteiger partial charge in [-0.3, -0.25) is 4.79 Å². The summed E-state index contributed by atoms with van der Waals surface area (Å²) in [5, 5.41) is 4.07. The molecule has 0 aliphatic carbocycles. The largest absolute Gasteiger partial charge is 0.497 e. The van der Waals surface area contributed by atoms with Gasteiger partial charge >= 0.3 is 0 Å². The Kier molecular flexibility index (Phi) is 7.38. The molecule has 156 valence electrons. The summed E-state index contributed by atoms with van der Waals surface area (Å²) in [6.45, 7) is 4.62. The lowest BCUT2D eigenvalue weighted by atomic mass is 10.1. The lowest BCUT2D eigenvalue weighted by Crippen LogP contribution is -2.38. The van der Waals surface area contributed by atoms with Gasteiger partial charge in [0.2, 0.25) is 17.6 Å². The van der Waals surface area contributed by atoms with Gasteiger partial charge in [0, 0.05) is 30.6 Å². The highest BCUT2D eigenvalue weighted by Gasteiger charge is 2.18. The molecule has 0 spiro atoms. The second-order valence-corrected chi connectivity index (χ2v) is 7.03. The number of hydrogen-bond donors (Lipinski definition) is 0. The van der Waals surface area contributed by atoms with Crippen LogP contribution in [0.3, 0.4) is 0 Å². The molecule has 0 radical (unpaired) electrons. The van der Waals surface area contributed by atoms with E-state index in [1.807, 2.05) is 72.5 Å². The van der Waals surface area contributed by atoms with Crippen molar-refractivity contribution in [1.82, 2.24) is 15.0 Å². The smallest absolute Gasteiger partial charge is 0.246 e. The van der Waals surface area contributed by atoms with E-state index in [9.17, 15) is 4.79 Å². The van der Waals surface area contributed by atoms with Crippen molar-refractivity contribution in [3.05, 3.63) is 72.1 Å². The molecule has 1 unspecified atom stereocenters. The molecule has 1 atom stereocenters. The number of ether oxygens (including phenoxy) is 1. The minimum atomic E-state index is -0.0271. The molecule has 3 rings (SSSR count). The van der Waals surface area contributed by atoms with Crippen molar-refractivity contribution in [2.75, 3.05) is 13.7 Å². The zero-order valence-corrected chi connectivity index (χ0v) is 17.6. The highest BCUT2D eigenvalue weighted by molar-refractivity contribution is 5.92. The second kappa shape index (κ2) is 10.4. The van der Waals surface area contributed by atoms with E-state index in [1.54, 1.807) is 13.2 Å². The molecule has 2 aromatic carbocycles. The fourth-order valence-corrected chi connectivity index (χ4v) is 3.05. The van der Waals surface area contributed by atoms with Crippen LogP contribution in [0.1, 0.15) is 31.7 Å². The maximum Gasteiger partial charge on any atom is 0.246 e. The summed E-state index contributed by atoms with van der Waals surface area (Å²) in [7, 11) is 1.62. The number of amides is 1. The van der Waals surface area contributed by atoms with Crippen molar-refractivity contribution in [1.29, 1.82) is 0 Å². The minimum absolute atomic E-state index is 0.0271. The molecule has 0 saturated heterocycles. The number of rotatable bonds is 9. The van der Waals surface area contributed by atoms with Crippen LogP contribution in [0.25, 0.3) is 17.5 Å². The van der Waals surface area contributed by atoms with Crippen molar-refractivity contribution in [2.45, 2.75) is 32.7 Å². The summed E-state index contributed by atoms with van der Waals surface area (Å²) in [5.41, 5.74) is 1.82. The van der Waals surface area contributed by atoms with E-state index >= 15 is 0 Å². The van der Waals surface area contributed by atoms with Gasteiger partial charge < -0.3 is 14.2 Å². The Balaban J connectivity index is 1.67. The topological polar surface area (TPSA) is 68.5 Å². The molecule has 6 heteroatoms. The maximum atomic E-state index is 12.8. The molecular formula is C24H27N3O3. The quantitative estimate of drug-likeness (QED) is 0.486. The van der Waals surface area contributed by atoms with E-state index in [2.05, 4.69) is 17.1 Å². The first kappa shape index (κ1) is 21.3. The van der Waals surface area contributed by atoms with Gasteiger partial charge in [0.05, 0.1) is 7.11 Å². The van der Waals surface area contributed by atoms with Gasteiger partial charge in [-0.25, -0.2) is 0 Å². The van der Waals surface area contributed by atoms with Crippen LogP contribution in [-0.2, 0) is 11.2 Å². The molecule has 6 nitrogen and oxygen atoms in total. The van der Waals surface area contributed by atoms with Crippen LogP contribution in [-0.4, -0.2) is 40.6 Å². The van der Waals surface area contributed by atoms with Gasteiger partial charge in [0.15, 0.2) is 0 Å². The predicted molar refractivity (Wildman–Crippen MR) is 117 cm³/mol. The van der Waals surface area contributed by atoms with E-state index in [-0.39, 0.29) is 11.9 Å². The minimum Gasteiger partial charge on any atom is -0.497 e. The third kappa shape index (κ3) is 5.56. The van der Waals surface area contributed by atoms with Gasteiger partial charge in [-0.1, -0.05) is 54.5 Å². The molecular weight excluding hydrogens is 378 g/mol. The highest BCUT2D eigenvalue weighted by Crippen LogP contribution is 2.21. The Morgan fingerprint density at radius 2 is 2.00 bits per heavy atom. The van der Waals surface area contributed by atoms with Crippen molar-refractivity contribution in [3.8, 4) is 17.1 Å². The summed E-state index contributed by atoms with van der Waals surface area (Å²) in [5.74, 6) is 1.72. The first-order valence-electron chi connectivity index (χ1n) is 10.1.